The topological polar surface area (TPSA) is 158 Å². The van der Waals surface area contributed by atoms with E-state index in [9.17, 15) is 13.2 Å². The molecule has 0 saturated carbocycles. The number of H-pyrrole nitrogens is 1. The Morgan fingerprint density at radius 1 is 1.27 bits per heavy atom. The van der Waals surface area contributed by atoms with Crippen molar-refractivity contribution >= 4 is 33.7 Å². The van der Waals surface area contributed by atoms with Gasteiger partial charge in [-0.15, -0.1) is 0 Å². The van der Waals surface area contributed by atoms with Gasteiger partial charge in [0.2, 0.25) is 0 Å². The SMILES string of the molecule is COc1cccc2cc(-c3nn(CCCCN)c4ncnc(N)c34)[nH]c12.O=C(O)C(F)(F)F. The maximum Gasteiger partial charge on any atom is 0.490 e. The van der Waals surface area contributed by atoms with Crippen LogP contribution < -0.4 is 16.2 Å². The number of alkyl halides is 3. The third kappa shape index (κ3) is 5.14. The number of nitrogens with two attached hydrogens (primary N) is 2. The van der Waals surface area contributed by atoms with Crippen LogP contribution in [0.3, 0.4) is 0 Å². The molecule has 1 aromatic carbocycles. The average Bonchev–Trinajstić information content (AvgIpc) is 3.36. The van der Waals surface area contributed by atoms with Gasteiger partial charge in [-0.1, -0.05) is 12.1 Å². The van der Waals surface area contributed by atoms with Crippen LogP contribution in [0.1, 0.15) is 12.8 Å². The van der Waals surface area contributed by atoms with Gasteiger partial charge in [0.05, 0.1) is 23.7 Å². The summed E-state index contributed by atoms with van der Waals surface area (Å²) in [6.07, 6.45) is -1.76. The first-order valence-corrected chi connectivity index (χ1v) is 9.80. The van der Waals surface area contributed by atoms with Crippen molar-refractivity contribution in [3.63, 3.8) is 0 Å². The molecule has 0 aliphatic rings. The van der Waals surface area contributed by atoms with E-state index < -0.39 is 12.1 Å². The molecule has 0 saturated heterocycles. The number of nitrogen functional groups attached to an aromatic ring is 1. The molecule has 10 nitrogen and oxygen atoms in total. The number of carboxylic acids is 1. The lowest BCUT2D eigenvalue weighted by Gasteiger charge is -2.01. The van der Waals surface area contributed by atoms with Crippen molar-refractivity contribution in [1.29, 1.82) is 0 Å². The fourth-order valence-corrected chi connectivity index (χ4v) is 3.21. The summed E-state index contributed by atoms with van der Waals surface area (Å²) in [6, 6.07) is 7.94. The highest BCUT2D eigenvalue weighted by atomic mass is 19.4. The second-order valence-electron chi connectivity index (χ2n) is 6.94. The molecule has 176 valence electrons. The zero-order valence-electron chi connectivity index (χ0n) is 17.6. The molecule has 6 N–H and O–H groups in total. The molecular formula is C20H22F3N7O3. The number of fused-ring (bicyclic) bond motifs is 2. The fraction of sp³-hybridized carbons (Fsp3) is 0.300. The third-order valence-corrected chi connectivity index (χ3v) is 4.72. The number of aliphatic carboxylic acids is 1. The molecule has 4 aromatic rings. The highest BCUT2D eigenvalue weighted by Gasteiger charge is 2.38. The summed E-state index contributed by atoms with van der Waals surface area (Å²) < 4.78 is 39.1. The van der Waals surface area contributed by atoms with Crippen molar-refractivity contribution in [1.82, 2.24) is 24.7 Å². The molecule has 0 aliphatic carbocycles. The lowest BCUT2D eigenvalue weighted by molar-refractivity contribution is -0.192. The number of nitrogens with one attached hydrogen (secondary N) is 1. The molecule has 0 unspecified atom stereocenters. The molecule has 0 bridgehead atoms. The lowest BCUT2D eigenvalue weighted by atomic mass is 10.2. The predicted octanol–water partition coefficient (Wildman–Crippen LogP) is 2.94. The molecule has 33 heavy (non-hydrogen) atoms. The Labute approximate surface area is 185 Å². The highest BCUT2D eigenvalue weighted by molar-refractivity contribution is 6.00. The monoisotopic (exact) mass is 465 g/mol. The van der Waals surface area contributed by atoms with Gasteiger partial charge in [0.25, 0.3) is 0 Å². The van der Waals surface area contributed by atoms with E-state index in [1.54, 1.807) is 7.11 Å². The van der Waals surface area contributed by atoms with Gasteiger partial charge in [-0.05, 0) is 31.5 Å². The second kappa shape index (κ2) is 9.73. The largest absolute Gasteiger partial charge is 0.495 e. The van der Waals surface area contributed by atoms with E-state index in [0.29, 0.717) is 12.4 Å². The summed E-state index contributed by atoms with van der Waals surface area (Å²) in [5.41, 5.74) is 15.0. The number of hydrogen-bond acceptors (Lipinski definition) is 7. The van der Waals surface area contributed by atoms with Crippen LogP contribution in [-0.2, 0) is 11.3 Å². The van der Waals surface area contributed by atoms with E-state index in [-0.39, 0.29) is 0 Å². The Morgan fingerprint density at radius 3 is 2.64 bits per heavy atom. The van der Waals surface area contributed by atoms with Gasteiger partial charge < -0.3 is 26.3 Å². The number of anilines is 1. The van der Waals surface area contributed by atoms with Crippen LogP contribution in [-0.4, -0.2) is 55.6 Å². The number of hydrogen-bond donors (Lipinski definition) is 4. The third-order valence-electron chi connectivity index (χ3n) is 4.72. The molecule has 3 aromatic heterocycles. The number of halogens is 3. The number of nitrogens with zero attached hydrogens (tertiary/aromatic N) is 4. The fourth-order valence-electron chi connectivity index (χ4n) is 3.21. The summed E-state index contributed by atoms with van der Waals surface area (Å²) in [4.78, 5) is 20.8. The Hall–Kier alpha value is -3.87. The van der Waals surface area contributed by atoms with E-state index in [1.807, 2.05) is 28.9 Å². The normalized spacial score (nSPS) is 11.4. The minimum atomic E-state index is -5.08. The van der Waals surface area contributed by atoms with Crippen LogP contribution >= 0.6 is 0 Å². The van der Waals surface area contributed by atoms with E-state index in [1.165, 1.54) is 6.33 Å². The first kappa shape index (κ1) is 23.8. The molecule has 0 fully saturated rings. The zero-order chi connectivity index (χ0) is 24.2. The zero-order valence-corrected chi connectivity index (χ0v) is 17.6. The number of aromatic amines is 1. The van der Waals surface area contributed by atoms with Crippen molar-refractivity contribution in [2.24, 2.45) is 5.73 Å². The van der Waals surface area contributed by atoms with Crippen molar-refractivity contribution in [3.05, 3.63) is 30.6 Å². The van der Waals surface area contributed by atoms with Crippen molar-refractivity contribution in [3.8, 4) is 17.1 Å². The Balaban J connectivity index is 0.000000383. The number of methoxy groups -OCH3 is 1. The van der Waals surface area contributed by atoms with Crippen LogP contribution in [0.5, 0.6) is 5.75 Å². The molecular weight excluding hydrogens is 443 g/mol. The molecule has 0 amide bonds. The summed E-state index contributed by atoms with van der Waals surface area (Å²) in [7, 11) is 1.66. The van der Waals surface area contributed by atoms with Gasteiger partial charge >= 0.3 is 12.1 Å². The summed E-state index contributed by atoms with van der Waals surface area (Å²) in [5.74, 6) is -1.56. The van der Waals surface area contributed by atoms with Crippen LogP contribution in [0.25, 0.3) is 33.3 Å². The smallest absolute Gasteiger partial charge is 0.490 e. The Kier molecular flexibility index (Phi) is 7.01. The molecule has 4 rings (SSSR count). The van der Waals surface area contributed by atoms with Crippen molar-refractivity contribution < 1.29 is 27.8 Å². The number of carbonyl (C=O) groups is 1. The standard InChI is InChI=1S/C18H21N7O.C2HF3O2/c1-26-13-6-4-5-11-9-12(23-15(11)13)16-14-17(20)21-10-22-18(14)25(24-16)8-3-2-7-19;3-2(4,5)1(6)7/h4-6,9-10,23H,2-3,7-8,19H2,1H3,(H2,20,21,22);(H,6,7). The van der Waals surface area contributed by atoms with Crippen molar-refractivity contribution in [2.75, 3.05) is 19.4 Å². The molecule has 0 aliphatic heterocycles. The minimum absolute atomic E-state index is 0.417. The van der Waals surface area contributed by atoms with Gasteiger partial charge in [0, 0.05) is 11.9 Å². The van der Waals surface area contributed by atoms with Gasteiger partial charge in [0.1, 0.15) is 23.6 Å². The van der Waals surface area contributed by atoms with Gasteiger partial charge in [-0.3, -0.25) is 0 Å². The summed E-state index contributed by atoms with van der Waals surface area (Å²) in [6.45, 7) is 1.39. The van der Waals surface area contributed by atoms with Gasteiger partial charge in [0.15, 0.2) is 5.65 Å². The van der Waals surface area contributed by atoms with Crippen molar-refractivity contribution in [2.45, 2.75) is 25.6 Å². The second-order valence-corrected chi connectivity index (χ2v) is 6.94. The van der Waals surface area contributed by atoms with Crippen LogP contribution in [0.4, 0.5) is 19.0 Å². The number of unbranched alkanes of at least 4 members (excludes halogenated alkanes) is 1. The number of rotatable bonds is 6. The Morgan fingerprint density at radius 2 is 2.00 bits per heavy atom. The number of aryl methyl sites for hydroxylation is 1. The number of aromatic nitrogens is 5. The number of carboxylic acid groups (broad SMARTS) is 1. The maximum atomic E-state index is 10.6. The number of ether oxygens (including phenoxy) is 1. The maximum absolute atomic E-state index is 10.6. The van der Waals surface area contributed by atoms with Gasteiger partial charge in [-0.2, -0.15) is 18.3 Å². The van der Waals surface area contributed by atoms with E-state index in [4.69, 9.17) is 31.2 Å². The van der Waals surface area contributed by atoms with E-state index >= 15 is 0 Å². The quantitative estimate of drug-likeness (QED) is 0.317. The lowest BCUT2D eigenvalue weighted by Crippen LogP contribution is -2.21. The molecule has 0 atom stereocenters. The summed E-state index contributed by atoms with van der Waals surface area (Å²) >= 11 is 0. The molecule has 13 heteroatoms. The Bertz CT molecular complexity index is 1270. The predicted molar refractivity (Wildman–Crippen MR) is 116 cm³/mol. The molecule has 0 radical (unpaired) electrons. The molecule has 3 heterocycles. The average molecular weight is 465 g/mol. The van der Waals surface area contributed by atoms with E-state index in [2.05, 4.69) is 15.0 Å². The summed E-state index contributed by atoms with van der Waals surface area (Å²) in [5, 5.41) is 13.7. The van der Waals surface area contributed by atoms with Crippen LogP contribution in [0, 0.1) is 0 Å². The molecule has 0 spiro atoms. The van der Waals surface area contributed by atoms with E-state index in [0.717, 1.165) is 58.5 Å². The van der Waals surface area contributed by atoms with Gasteiger partial charge in [-0.25, -0.2) is 19.4 Å². The van der Waals surface area contributed by atoms with Crippen LogP contribution in [0.2, 0.25) is 0 Å². The number of para-hydroxylation sites is 1. The first-order valence-electron chi connectivity index (χ1n) is 9.80. The minimum Gasteiger partial charge on any atom is -0.495 e. The van der Waals surface area contributed by atoms with Crippen LogP contribution in [0.15, 0.2) is 30.6 Å². The highest BCUT2D eigenvalue weighted by Crippen LogP contribution is 2.34. The number of benzene rings is 1. The first-order chi connectivity index (χ1) is 15.7.